The number of rotatable bonds is 8. The maximum atomic E-state index is 12.7. The molecule has 0 radical (unpaired) electrons. The van der Waals surface area contributed by atoms with E-state index in [1.165, 1.54) is 11.3 Å². The first-order valence-electron chi connectivity index (χ1n) is 10.6. The Morgan fingerprint density at radius 1 is 1.00 bits per heavy atom. The molecule has 32 heavy (non-hydrogen) atoms. The number of aromatic nitrogens is 2. The number of hydrogen-bond donors (Lipinski definition) is 2. The Morgan fingerprint density at radius 3 is 2.47 bits per heavy atom. The summed E-state index contributed by atoms with van der Waals surface area (Å²) in [4.78, 5) is 30.1. The summed E-state index contributed by atoms with van der Waals surface area (Å²) in [6, 6.07) is 19.2. The number of nitrogens with zero attached hydrogens (tertiary/aromatic N) is 2. The number of nitrogens with one attached hydrogen (secondary N) is 2. The molecule has 7 heteroatoms. The van der Waals surface area contributed by atoms with Crippen LogP contribution in [-0.2, 0) is 17.9 Å². The molecule has 1 atom stereocenters. The monoisotopic (exact) mass is 446 g/mol. The molecule has 1 unspecified atom stereocenters. The van der Waals surface area contributed by atoms with Crippen molar-refractivity contribution in [2.75, 3.05) is 0 Å². The Kier molecular flexibility index (Phi) is 6.66. The molecule has 0 aliphatic rings. The molecule has 164 valence electrons. The fourth-order valence-electron chi connectivity index (χ4n) is 3.55. The van der Waals surface area contributed by atoms with E-state index in [1.54, 1.807) is 6.07 Å². The van der Waals surface area contributed by atoms with Gasteiger partial charge >= 0.3 is 0 Å². The molecule has 0 saturated carbocycles. The molecule has 2 heterocycles. The van der Waals surface area contributed by atoms with Crippen molar-refractivity contribution < 1.29 is 9.59 Å². The van der Waals surface area contributed by atoms with Gasteiger partial charge in [-0.3, -0.25) is 9.59 Å². The minimum absolute atomic E-state index is 0.0220. The summed E-state index contributed by atoms with van der Waals surface area (Å²) in [5, 5.41) is 7.65. The van der Waals surface area contributed by atoms with Crippen LogP contribution < -0.4 is 10.6 Å². The summed E-state index contributed by atoms with van der Waals surface area (Å²) < 4.78 is 2.12. The number of imidazole rings is 1. The van der Waals surface area contributed by atoms with Crippen LogP contribution in [0.15, 0.2) is 72.4 Å². The van der Waals surface area contributed by atoms with Crippen LogP contribution in [0, 0.1) is 5.92 Å². The predicted molar refractivity (Wildman–Crippen MR) is 128 cm³/mol. The van der Waals surface area contributed by atoms with Gasteiger partial charge in [0.15, 0.2) is 0 Å². The second-order valence-electron chi connectivity index (χ2n) is 8.07. The molecular formula is C25H26N4O2S. The molecule has 2 N–H and O–H groups in total. The van der Waals surface area contributed by atoms with Gasteiger partial charge in [0.2, 0.25) is 5.91 Å². The molecular weight excluding hydrogens is 420 g/mol. The fourth-order valence-corrected chi connectivity index (χ4v) is 4.18. The van der Waals surface area contributed by atoms with Gasteiger partial charge < -0.3 is 15.2 Å². The number of carbonyl (C=O) groups excluding carboxylic acids is 2. The summed E-state index contributed by atoms with van der Waals surface area (Å²) in [6.45, 7) is 4.99. The zero-order valence-corrected chi connectivity index (χ0v) is 18.9. The van der Waals surface area contributed by atoms with Crippen molar-refractivity contribution in [3.8, 4) is 0 Å². The van der Waals surface area contributed by atoms with E-state index in [0.29, 0.717) is 11.4 Å². The summed E-state index contributed by atoms with van der Waals surface area (Å²) >= 11 is 1.36. The lowest BCUT2D eigenvalue weighted by Crippen LogP contribution is -2.49. The fraction of sp³-hybridized carbons (Fsp3) is 0.240. The normalized spacial score (nSPS) is 12.1. The quantitative estimate of drug-likeness (QED) is 0.426. The lowest BCUT2D eigenvalue weighted by atomic mass is 10.0. The smallest absolute Gasteiger partial charge is 0.262 e. The van der Waals surface area contributed by atoms with Crippen molar-refractivity contribution in [1.29, 1.82) is 0 Å². The van der Waals surface area contributed by atoms with Gasteiger partial charge in [0.05, 0.1) is 22.2 Å². The number of thiophene rings is 1. The van der Waals surface area contributed by atoms with Gasteiger partial charge in [-0.1, -0.05) is 56.3 Å². The Hall–Kier alpha value is -3.45. The zero-order valence-electron chi connectivity index (χ0n) is 18.1. The molecule has 4 rings (SSSR count). The lowest BCUT2D eigenvalue weighted by Gasteiger charge is -2.21. The summed E-state index contributed by atoms with van der Waals surface area (Å²) in [5.74, 6) is -0.421. The molecule has 0 aliphatic carbocycles. The van der Waals surface area contributed by atoms with Crippen molar-refractivity contribution in [2.45, 2.75) is 33.0 Å². The van der Waals surface area contributed by atoms with E-state index in [-0.39, 0.29) is 17.7 Å². The second-order valence-corrected chi connectivity index (χ2v) is 9.02. The number of carbonyl (C=O) groups is 2. The molecule has 2 aromatic heterocycles. The lowest BCUT2D eigenvalue weighted by molar-refractivity contribution is -0.124. The number of benzene rings is 2. The van der Waals surface area contributed by atoms with Crippen LogP contribution in [0.5, 0.6) is 0 Å². The van der Waals surface area contributed by atoms with Crippen LogP contribution in [0.1, 0.15) is 34.6 Å². The van der Waals surface area contributed by atoms with Crippen molar-refractivity contribution in [2.24, 2.45) is 5.92 Å². The van der Waals surface area contributed by atoms with E-state index in [9.17, 15) is 9.59 Å². The van der Waals surface area contributed by atoms with E-state index in [1.807, 2.05) is 62.0 Å². The molecule has 6 nitrogen and oxygen atoms in total. The van der Waals surface area contributed by atoms with E-state index >= 15 is 0 Å². The number of hydrogen-bond acceptors (Lipinski definition) is 4. The Labute approximate surface area is 191 Å². The van der Waals surface area contributed by atoms with Crippen LogP contribution in [0.2, 0.25) is 0 Å². The summed E-state index contributed by atoms with van der Waals surface area (Å²) in [5.41, 5.74) is 4.25. The van der Waals surface area contributed by atoms with Crippen LogP contribution in [0.25, 0.3) is 11.0 Å². The molecule has 2 aromatic carbocycles. The standard InChI is InChI=1S/C25H26N4O2S/c1-17(2)23(28-24(30)22-8-5-13-32-22)25(31)26-14-18-9-11-19(12-10-18)15-29-16-27-20-6-3-4-7-21(20)29/h3-13,16-17,23H,14-15H2,1-2H3,(H,26,31)(H,28,30). The molecule has 0 aliphatic heterocycles. The largest absolute Gasteiger partial charge is 0.350 e. The number of para-hydroxylation sites is 2. The SMILES string of the molecule is CC(C)C(NC(=O)c1cccs1)C(=O)NCc1ccc(Cn2cnc3ccccc32)cc1. The van der Waals surface area contributed by atoms with Gasteiger partial charge in [-0.15, -0.1) is 11.3 Å². The van der Waals surface area contributed by atoms with Gasteiger partial charge in [-0.2, -0.15) is 0 Å². The molecule has 0 saturated heterocycles. The highest BCUT2D eigenvalue weighted by atomic mass is 32.1. The first-order valence-corrected chi connectivity index (χ1v) is 11.5. The van der Waals surface area contributed by atoms with Gasteiger partial charge in [-0.05, 0) is 40.6 Å². The van der Waals surface area contributed by atoms with Crippen molar-refractivity contribution in [1.82, 2.24) is 20.2 Å². The topological polar surface area (TPSA) is 76.0 Å². The average molecular weight is 447 g/mol. The van der Waals surface area contributed by atoms with Gasteiger partial charge in [0, 0.05) is 13.1 Å². The van der Waals surface area contributed by atoms with Crippen molar-refractivity contribution >= 4 is 34.2 Å². The highest BCUT2D eigenvalue weighted by Crippen LogP contribution is 2.15. The van der Waals surface area contributed by atoms with Crippen LogP contribution >= 0.6 is 11.3 Å². The molecule has 2 amide bonds. The minimum atomic E-state index is -0.585. The van der Waals surface area contributed by atoms with Gasteiger partial charge in [-0.25, -0.2) is 4.98 Å². The third kappa shape index (κ3) is 5.06. The maximum Gasteiger partial charge on any atom is 0.262 e. The first kappa shape index (κ1) is 21.8. The first-order chi connectivity index (χ1) is 15.5. The number of fused-ring (bicyclic) bond motifs is 1. The minimum Gasteiger partial charge on any atom is -0.350 e. The third-order valence-electron chi connectivity index (χ3n) is 5.35. The highest BCUT2D eigenvalue weighted by molar-refractivity contribution is 7.12. The summed E-state index contributed by atoms with van der Waals surface area (Å²) in [6.07, 6.45) is 1.86. The Balaban J connectivity index is 1.34. The third-order valence-corrected chi connectivity index (χ3v) is 6.22. The predicted octanol–water partition coefficient (Wildman–Crippen LogP) is 4.22. The van der Waals surface area contributed by atoms with Crippen molar-refractivity contribution in [3.05, 3.63) is 88.4 Å². The summed E-state index contributed by atoms with van der Waals surface area (Å²) in [7, 11) is 0. The van der Waals surface area contributed by atoms with Gasteiger partial charge in [0.1, 0.15) is 6.04 Å². The zero-order chi connectivity index (χ0) is 22.5. The molecule has 4 aromatic rings. The average Bonchev–Trinajstić information content (AvgIpc) is 3.47. The van der Waals surface area contributed by atoms with E-state index in [4.69, 9.17) is 0 Å². The highest BCUT2D eigenvalue weighted by Gasteiger charge is 2.24. The van der Waals surface area contributed by atoms with Crippen molar-refractivity contribution in [3.63, 3.8) is 0 Å². The van der Waals surface area contributed by atoms with Crippen LogP contribution in [0.4, 0.5) is 0 Å². The van der Waals surface area contributed by atoms with E-state index in [0.717, 1.165) is 28.7 Å². The molecule has 0 bridgehead atoms. The molecule has 0 fully saturated rings. The van der Waals surface area contributed by atoms with Crippen LogP contribution in [0.3, 0.4) is 0 Å². The maximum absolute atomic E-state index is 12.7. The molecule has 0 spiro atoms. The van der Waals surface area contributed by atoms with Crippen LogP contribution in [-0.4, -0.2) is 27.4 Å². The van der Waals surface area contributed by atoms with Gasteiger partial charge in [0.25, 0.3) is 5.91 Å². The second kappa shape index (κ2) is 9.78. The number of amides is 2. The van der Waals surface area contributed by atoms with E-state index in [2.05, 4.69) is 38.4 Å². The Bertz CT molecular complexity index is 1200. The Morgan fingerprint density at radius 2 is 1.75 bits per heavy atom. The van der Waals surface area contributed by atoms with E-state index < -0.39 is 6.04 Å².